The van der Waals surface area contributed by atoms with Crippen LogP contribution in [0.5, 0.6) is 0 Å². The molecule has 2 aromatic carbocycles. The molecule has 0 fully saturated rings. The maximum atomic E-state index is 13.1. The van der Waals surface area contributed by atoms with Gasteiger partial charge in [0.05, 0.1) is 5.75 Å². The van der Waals surface area contributed by atoms with Crippen LogP contribution in [-0.2, 0) is 28.9 Å². The quantitative estimate of drug-likeness (QED) is 0.301. The molecule has 0 aliphatic carbocycles. The van der Waals surface area contributed by atoms with Crippen molar-refractivity contribution >= 4 is 40.0 Å². The minimum atomic E-state index is -3.41. The molecule has 2 aromatic rings. The summed E-state index contributed by atoms with van der Waals surface area (Å²) < 4.78 is 40.3. The van der Waals surface area contributed by atoms with Crippen LogP contribution in [0.3, 0.4) is 0 Å². The van der Waals surface area contributed by atoms with E-state index in [1.807, 2.05) is 36.2 Å². The van der Waals surface area contributed by atoms with E-state index >= 15 is 0 Å². The lowest BCUT2D eigenvalue weighted by Crippen LogP contribution is -2.38. The van der Waals surface area contributed by atoms with Gasteiger partial charge in [0, 0.05) is 33.2 Å². The van der Waals surface area contributed by atoms with E-state index in [1.165, 1.54) is 12.1 Å². The summed E-state index contributed by atoms with van der Waals surface area (Å²) in [6.45, 7) is 4.60. The van der Waals surface area contributed by atoms with Crippen molar-refractivity contribution in [2.75, 3.05) is 14.1 Å². The molecule has 30 heavy (non-hydrogen) atoms. The second kappa shape index (κ2) is 12.2. The van der Waals surface area contributed by atoms with E-state index < -0.39 is 10.0 Å². The predicted molar refractivity (Wildman–Crippen MR) is 131 cm³/mol. The number of hydrogen-bond acceptors (Lipinski definition) is 3. The minimum absolute atomic E-state index is 0. The van der Waals surface area contributed by atoms with Crippen LogP contribution in [0.15, 0.2) is 53.5 Å². The van der Waals surface area contributed by atoms with Crippen LogP contribution >= 0.6 is 24.0 Å². The van der Waals surface area contributed by atoms with Crippen LogP contribution in [0.1, 0.15) is 30.5 Å². The normalized spacial score (nSPS) is 11.9. The zero-order chi connectivity index (χ0) is 21.4. The highest BCUT2D eigenvalue weighted by Gasteiger charge is 2.16. The lowest BCUT2D eigenvalue weighted by atomic mass is 10.1. The van der Waals surface area contributed by atoms with E-state index in [2.05, 4.69) is 15.0 Å². The number of sulfonamides is 1. The summed E-state index contributed by atoms with van der Waals surface area (Å²) in [5.74, 6) is 0.317. The topological polar surface area (TPSA) is 73.8 Å². The summed E-state index contributed by atoms with van der Waals surface area (Å²) in [7, 11) is 0.167. The first kappa shape index (κ1) is 26.3. The van der Waals surface area contributed by atoms with Gasteiger partial charge in [0.15, 0.2) is 5.96 Å². The molecule has 0 aromatic heterocycles. The number of guanidine groups is 1. The van der Waals surface area contributed by atoms with Gasteiger partial charge in [0.2, 0.25) is 10.0 Å². The van der Waals surface area contributed by atoms with Gasteiger partial charge in [-0.3, -0.25) is 4.99 Å². The van der Waals surface area contributed by atoms with Gasteiger partial charge in [-0.05, 0) is 42.7 Å². The summed E-state index contributed by atoms with van der Waals surface area (Å²) >= 11 is 0. The van der Waals surface area contributed by atoms with Crippen molar-refractivity contribution in [2.45, 2.75) is 38.7 Å². The fourth-order valence-electron chi connectivity index (χ4n) is 2.97. The van der Waals surface area contributed by atoms with Crippen molar-refractivity contribution in [3.63, 3.8) is 0 Å². The molecule has 0 spiro atoms. The average Bonchev–Trinajstić information content (AvgIpc) is 2.64. The largest absolute Gasteiger partial charge is 0.352 e. The van der Waals surface area contributed by atoms with Crippen LogP contribution < -0.4 is 10.0 Å². The van der Waals surface area contributed by atoms with E-state index in [-0.39, 0.29) is 41.6 Å². The molecule has 0 atom stereocenters. The maximum absolute atomic E-state index is 13.1. The Balaban J connectivity index is 0.00000450. The first-order chi connectivity index (χ1) is 13.7. The van der Waals surface area contributed by atoms with E-state index in [9.17, 15) is 12.8 Å². The lowest BCUT2D eigenvalue weighted by molar-refractivity contribution is 0.476. The van der Waals surface area contributed by atoms with Gasteiger partial charge in [-0.15, -0.1) is 24.0 Å². The first-order valence-electron chi connectivity index (χ1n) is 9.43. The second-order valence-corrected chi connectivity index (χ2v) is 8.94. The Morgan fingerprint density at radius 2 is 1.70 bits per heavy atom. The highest BCUT2D eigenvalue weighted by Crippen LogP contribution is 2.13. The fourth-order valence-corrected chi connectivity index (χ4v) is 4.47. The summed E-state index contributed by atoms with van der Waals surface area (Å²) in [5.41, 5.74) is 2.59. The minimum Gasteiger partial charge on any atom is -0.352 e. The van der Waals surface area contributed by atoms with E-state index in [4.69, 9.17) is 0 Å². The molecular weight excluding hydrogens is 518 g/mol. The summed E-state index contributed by atoms with van der Waals surface area (Å²) in [6, 6.07) is 13.6. The molecule has 2 rings (SSSR count). The molecule has 0 aliphatic rings. The molecule has 9 heteroatoms. The van der Waals surface area contributed by atoms with Gasteiger partial charge in [-0.25, -0.2) is 17.5 Å². The Labute approximate surface area is 196 Å². The molecule has 2 N–H and O–H groups in total. The van der Waals surface area contributed by atoms with Crippen molar-refractivity contribution in [3.8, 4) is 0 Å². The molecule has 0 saturated heterocycles. The van der Waals surface area contributed by atoms with E-state index in [0.29, 0.717) is 19.0 Å². The van der Waals surface area contributed by atoms with Crippen LogP contribution in [0.2, 0.25) is 0 Å². The molecule has 0 radical (unpaired) electrons. The highest BCUT2D eigenvalue weighted by molar-refractivity contribution is 14.0. The molecule has 0 aliphatic heterocycles. The number of nitrogens with zero attached hydrogens (tertiary/aromatic N) is 2. The van der Waals surface area contributed by atoms with Crippen molar-refractivity contribution in [2.24, 2.45) is 4.99 Å². The molecule has 0 bridgehead atoms. The molecule has 0 heterocycles. The summed E-state index contributed by atoms with van der Waals surface area (Å²) in [5, 5.41) is 3.27. The van der Waals surface area contributed by atoms with Gasteiger partial charge in [-0.2, -0.15) is 0 Å². The number of nitrogens with one attached hydrogen (secondary N) is 2. The maximum Gasteiger partial charge on any atom is 0.216 e. The number of hydrogen-bond donors (Lipinski definition) is 2. The van der Waals surface area contributed by atoms with E-state index in [0.717, 1.165) is 16.7 Å². The fraction of sp³-hybridized carbons (Fsp3) is 0.381. The number of rotatable bonds is 8. The number of aliphatic imine (C=N–C) groups is 1. The Kier molecular flexibility index (Phi) is 10.7. The van der Waals surface area contributed by atoms with Crippen LogP contribution in [-0.4, -0.2) is 39.4 Å². The van der Waals surface area contributed by atoms with Crippen molar-refractivity contribution in [3.05, 3.63) is 71.0 Å². The lowest BCUT2D eigenvalue weighted by Gasteiger charge is -2.23. The van der Waals surface area contributed by atoms with Crippen LogP contribution in [0.25, 0.3) is 0 Å². The second-order valence-electron chi connectivity index (χ2n) is 7.18. The molecule has 166 valence electrons. The molecule has 0 unspecified atom stereocenters. The SMILES string of the molecule is CN=C(NCc1ccccc1CS(=O)(=O)NC(C)C)N(C)Cc1ccc(F)cc1.I. The highest BCUT2D eigenvalue weighted by atomic mass is 127. The zero-order valence-corrected chi connectivity index (χ0v) is 20.9. The summed E-state index contributed by atoms with van der Waals surface area (Å²) in [4.78, 5) is 6.21. The zero-order valence-electron chi connectivity index (χ0n) is 17.7. The number of halogens is 2. The van der Waals surface area contributed by atoms with Crippen molar-refractivity contribution in [1.82, 2.24) is 14.9 Å². The molecular formula is C21H30FIN4O2S. The third-order valence-electron chi connectivity index (χ3n) is 4.22. The van der Waals surface area contributed by atoms with Crippen LogP contribution in [0, 0.1) is 5.82 Å². The van der Waals surface area contributed by atoms with Crippen molar-refractivity contribution in [1.29, 1.82) is 0 Å². The Morgan fingerprint density at radius 1 is 1.10 bits per heavy atom. The Morgan fingerprint density at radius 3 is 2.27 bits per heavy atom. The van der Waals surface area contributed by atoms with Gasteiger partial charge >= 0.3 is 0 Å². The predicted octanol–water partition coefficient (Wildman–Crippen LogP) is 3.48. The summed E-state index contributed by atoms with van der Waals surface area (Å²) in [6.07, 6.45) is 0. The van der Waals surface area contributed by atoms with Gasteiger partial charge < -0.3 is 10.2 Å². The third kappa shape index (κ3) is 8.57. The first-order valence-corrected chi connectivity index (χ1v) is 11.1. The van der Waals surface area contributed by atoms with E-state index in [1.54, 1.807) is 33.0 Å². The van der Waals surface area contributed by atoms with Gasteiger partial charge in [0.1, 0.15) is 5.82 Å². The van der Waals surface area contributed by atoms with Gasteiger partial charge in [0.25, 0.3) is 0 Å². The average molecular weight is 548 g/mol. The van der Waals surface area contributed by atoms with Crippen LogP contribution in [0.4, 0.5) is 4.39 Å². The smallest absolute Gasteiger partial charge is 0.216 e. The Hall–Kier alpha value is -1.72. The number of benzene rings is 2. The molecule has 0 saturated carbocycles. The monoisotopic (exact) mass is 548 g/mol. The third-order valence-corrected chi connectivity index (χ3v) is 5.74. The standard InChI is InChI=1S/C21H29FN4O2S.HI/c1-16(2)25-29(27,28)15-19-8-6-5-7-18(19)13-24-21(23-3)26(4)14-17-9-11-20(22)12-10-17;/h5-12,16,25H,13-15H2,1-4H3,(H,23,24);1H. The molecule has 0 amide bonds. The Bertz CT molecular complexity index is 934. The van der Waals surface area contributed by atoms with Gasteiger partial charge in [-0.1, -0.05) is 36.4 Å². The van der Waals surface area contributed by atoms with Crippen molar-refractivity contribution < 1.29 is 12.8 Å². The molecule has 6 nitrogen and oxygen atoms in total.